The summed E-state index contributed by atoms with van der Waals surface area (Å²) < 4.78 is 5.47. The molecule has 0 saturated heterocycles. The van der Waals surface area contributed by atoms with Crippen molar-refractivity contribution in [2.24, 2.45) is 5.73 Å². The first kappa shape index (κ1) is 11.9. The van der Waals surface area contributed by atoms with E-state index in [0.717, 1.165) is 30.1 Å². The van der Waals surface area contributed by atoms with Crippen LogP contribution in [0.3, 0.4) is 0 Å². The van der Waals surface area contributed by atoms with E-state index in [2.05, 4.69) is 10.6 Å². The lowest BCUT2D eigenvalue weighted by molar-refractivity contribution is -0.122. The fourth-order valence-electron chi connectivity index (χ4n) is 1.70. The molecule has 0 aromatic heterocycles. The zero-order valence-electron chi connectivity index (χ0n) is 9.82. The van der Waals surface area contributed by atoms with E-state index in [-0.39, 0.29) is 5.91 Å². The normalized spacial score (nSPS) is 18.2. The molecule has 0 bridgehead atoms. The summed E-state index contributed by atoms with van der Waals surface area (Å²) in [5.41, 5.74) is 7.23. The number of carbonyl (C=O) groups is 1. The van der Waals surface area contributed by atoms with Gasteiger partial charge in [0.1, 0.15) is 5.75 Å². The first-order valence-electron chi connectivity index (χ1n) is 5.72. The van der Waals surface area contributed by atoms with Gasteiger partial charge in [0.05, 0.1) is 5.69 Å². The van der Waals surface area contributed by atoms with Crippen LogP contribution < -0.4 is 21.1 Å². The minimum atomic E-state index is -0.427. The molecule has 5 nitrogen and oxygen atoms in total. The van der Waals surface area contributed by atoms with E-state index in [0.29, 0.717) is 6.54 Å². The Hall–Kier alpha value is -1.59. The minimum absolute atomic E-state index is 0.107. The molecule has 1 aliphatic rings. The van der Waals surface area contributed by atoms with Crippen molar-refractivity contribution < 1.29 is 9.53 Å². The molecule has 0 radical (unpaired) electrons. The molecule has 5 heteroatoms. The van der Waals surface area contributed by atoms with Gasteiger partial charge in [0.2, 0.25) is 0 Å². The highest BCUT2D eigenvalue weighted by atomic mass is 16.5. The first-order valence-corrected chi connectivity index (χ1v) is 5.72. The summed E-state index contributed by atoms with van der Waals surface area (Å²) in [5.74, 6) is 0.615. The Balaban J connectivity index is 2.09. The smallest absolute Gasteiger partial charge is 0.265 e. The number of amides is 1. The topological polar surface area (TPSA) is 76.4 Å². The van der Waals surface area contributed by atoms with Crippen molar-refractivity contribution in [2.45, 2.75) is 19.6 Å². The second-order valence-corrected chi connectivity index (χ2v) is 4.05. The summed E-state index contributed by atoms with van der Waals surface area (Å²) in [4.78, 5) is 11.5. The molecule has 0 fully saturated rings. The fourth-order valence-corrected chi connectivity index (χ4v) is 1.70. The lowest BCUT2D eigenvalue weighted by Gasteiger charge is -2.23. The average molecular weight is 235 g/mol. The third-order valence-electron chi connectivity index (χ3n) is 2.63. The molecule has 2 rings (SSSR count). The number of nitrogens with two attached hydrogens (primary N) is 1. The fraction of sp³-hybridized carbons (Fsp3) is 0.417. The van der Waals surface area contributed by atoms with Crippen molar-refractivity contribution in [3.63, 3.8) is 0 Å². The Morgan fingerprint density at radius 3 is 3.12 bits per heavy atom. The second-order valence-electron chi connectivity index (χ2n) is 4.05. The van der Waals surface area contributed by atoms with E-state index in [1.807, 2.05) is 18.2 Å². The van der Waals surface area contributed by atoms with Crippen molar-refractivity contribution in [3.05, 3.63) is 23.8 Å². The Morgan fingerprint density at radius 2 is 2.35 bits per heavy atom. The van der Waals surface area contributed by atoms with E-state index in [4.69, 9.17) is 10.5 Å². The zero-order chi connectivity index (χ0) is 12.3. The molecule has 1 unspecified atom stereocenters. The van der Waals surface area contributed by atoms with Crippen molar-refractivity contribution >= 4 is 11.6 Å². The van der Waals surface area contributed by atoms with Crippen molar-refractivity contribution in [2.75, 3.05) is 18.4 Å². The van der Waals surface area contributed by atoms with Gasteiger partial charge >= 0.3 is 0 Å². The van der Waals surface area contributed by atoms with Gasteiger partial charge in [-0.3, -0.25) is 4.79 Å². The third kappa shape index (κ3) is 2.75. The minimum Gasteiger partial charge on any atom is -0.479 e. The highest BCUT2D eigenvalue weighted by molar-refractivity contribution is 5.97. The molecule has 1 aromatic carbocycles. The number of hydrogen-bond donors (Lipinski definition) is 3. The Kier molecular flexibility index (Phi) is 3.61. The van der Waals surface area contributed by atoms with Gasteiger partial charge < -0.3 is 21.1 Å². The van der Waals surface area contributed by atoms with Crippen molar-refractivity contribution in [3.8, 4) is 5.75 Å². The number of benzene rings is 1. The summed E-state index contributed by atoms with van der Waals surface area (Å²) in [6, 6.07) is 5.78. The zero-order valence-corrected chi connectivity index (χ0v) is 9.82. The van der Waals surface area contributed by atoms with Crippen molar-refractivity contribution in [1.82, 2.24) is 5.32 Å². The highest BCUT2D eigenvalue weighted by Crippen LogP contribution is 2.30. The van der Waals surface area contributed by atoms with Crippen LogP contribution >= 0.6 is 0 Å². The molecule has 0 saturated carbocycles. The quantitative estimate of drug-likeness (QED) is 0.662. The third-order valence-corrected chi connectivity index (χ3v) is 2.63. The van der Waals surface area contributed by atoms with Crippen LogP contribution in [0.15, 0.2) is 18.2 Å². The highest BCUT2D eigenvalue weighted by Gasteiger charge is 2.23. The van der Waals surface area contributed by atoms with Gasteiger partial charge in [-0.1, -0.05) is 6.07 Å². The molecule has 17 heavy (non-hydrogen) atoms. The van der Waals surface area contributed by atoms with Gasteiger partial charge in [0, 0.05) is 19.6 Å². The summed E-state index contributed by atoms with van der Waals surface area (Å²) >= 11 is 0. The van der Waals surface area contributed by atoms with Gasteiger partial charge in [-0.2, -0.15) is 0 Å². The van der Waals surface area contributed by atoms with E-state index in [1.165, 1.54) is 0 Å². The van der Waals surface area contributed by atoms with Crippen LogP contribution in [0.25, 0.3) is 0 Å². The number of nitrogens with one attached hydrogen (secondary N) is 2. The van der Waals surface area contributed by atoms with Crippen LogP contribution in [0.2, 0.25) is 0 Å². The molecular formula is C12H17N3O2. The molecule has 4 N–H and O–H groups in total. The maximum Gasteiger partial charge on any atom is 0.265 e. The van der Waals surface area contributed by atoms with Crippen LogP contribution in [-0.2, 0) is 11.3 Å². The van der Waals surface area contributed by atoms with Crippen LogP contribution in [0.5, 0.6) is 5.75 Å². The second kappa shape index (κ2) is 5.16. The van der Waals surface area contributed by atoms with Crippen LogP contribution in [0, 0.1) is 0 Å². The van der Waals surface area contributed by atoms with Gasteiger partial charge in [-0.05, 0) is 24.6 Å². The van der Waals surface area contributed by atoms with Gasteiger partial charge in [-0.25, -0.2) is 0 Å². The molecule has 1 heterocycles. The predicted octanol–water partition coefficient (Wildman–Crippen LogP) is 0.454. The van der Waals surface area contributed by atoms with Crippen LogP contribution in [-0.4, -0.2) is 25.1 Å². The van der Waals surface area contributed by atoms with Gasteiger partial charge in [-0.15, -0.1) is 0 Å². The summed E-state index contributed by atoms with van der Waals surface area (Å²) in [6.07, 6.45) is -0.427. The Morgan fingerprint density at radius 1 is 1.53 bits per heavy atom. The van der Waals surface area contributed by atoms with Crippen LogP contribution in [0.1, 0.15) is 12.5 Å². The molecule has 1 amide bonds. The van der Waals surface area contributed by atoms with E-state index in [9.17, 15) is 4.79 Å². The predicted molar refractivity (Wildman–Crippen MR) is 65.9 cm³/mol. The van der Waals surface area contributed by atoms with Gasteiger partial charge in [0.15, 0.2) is 6.10 Å². The molecule has 0 aliphatic carbocycles. The molecule has 0 spiro atoms. The standard InChI is InChI=1S/C12H17N3O2/c1-8-12(16)15-10-6-9(7-14-5-4-13)2-3-11(10)17-8/h2-3,6,8,14H,4-5,7,13H2,1H3,(H,15,16). The lowest BCUT2D eigenvalue weighted by atomic mass is 10.1. The SMILES string of the molecule is CC1Oc2ccc(CNCCN)cc2NC1=O. The Bertz CT molecular complexity index is 420. The average Bonchev–Trinajstić information content (AvgIpc) is 2.31. The monoisotopic (exact) mass is 235 g/mol. The molecule has 92 valence electrons. The Labute approximate surface area is 100 Å². The molecule has 1 aromatic rings. The van der Waals surface area contributed by atoms with E-state index in [1.54, 1.807) is 6.92 Å². The van der Waals surface area contributed by atoms with Crippen molar-refractivity contribution in [1.29, 1.82) is 0 Å². The summed E-state index contributed by atoms with van der Waals surface area (Å²) in [7, 11) is 0. The number of anilines is 1. The maximum absolute atomic E-state index is 11.5. The molecule has 1 atom stereocenters. The summed E-state index contributed by atoms with van der Waals surface area (Å²) in [5, 5.41) is 6.02. The number of rotatable bonds is 4. The van der Waals surface area contributed by atoms with Crippen LogP contribution in [0.4, 0.5) is 5.69 Å². The number of ether oxygens (including phenoxy) is 1. The lowest BCUT2D eigenvalue weighted by Crippen LogP contribution is -2.34. The molecular weight excluding hydrogens is 218 g/mol. The van der Waals surface area contributed by atoms with E-state index < -0.39 is 6.10 Å². The largest absolute Gasteiger partial charge is 0.479 e. The number of fused-ring (bicyclic) bond motifs is 1. The number of carbonyl (C=O) groups excluding carboxylic acids is 1. The van der Waals surface area contributed by atoms with E-state index >= 15 is 0 Å². The summed E-state index contributed by atoms with van der Waals surface area (Å²) in [6.45, 7) is 3.85. The number of hydrogen-bond acceptors (Lipinski definition) is 4. The molecule has 1 aliphatic heterocycles. The van der Waals surface area contributed by atoms with Gasteiger partial charge in [0.25, 0.3) is 5.91 Å². The first-order chi connectivity index (χ1) is 8.20. The maximum atomic E-state index is 11.5.